The zero-order chi connectivity index (χ0) is 9.64. The van der Waals surface area contributed by atoms with Crippen molar-refractivity contribution >= 4 is 6.02 Å². The monoisotopic (exact) mass is 196 g/mol. The van der Waals surface area contributed by atoms with E-state index < -0.39 is 0 Å². The fourth-order valence-corrected chi connectivity index (χ4v) is 2.30. The van der Waals surface area contributed by atoms with Crippen LogP contribution >= 0.6 is 0 Å². The lowest BCUT2D eigenvalue weighted by Crippen LogP contribution is -2.26. The first-order valence-corrected chi connectivity index (χ1v) is 5.86. The lowest BCUT2D eigenvalue weighted by Gasteiger charge is -2.21. The highest BCUT2D eigenvalue weighted by Gasteiger charge is 2.13. The molecule has 2 aliphatic rings. The van der Waals surface area contributed by atoms with Gasteiger partial charge in [0.2, 0.25) is 0 Å². The van der Waals surface area contributed by atoms with E-state index in [0.717, 1.165) is 31.6 Å². The second-order valence-electron chi connectivity index (χ2n) is 4.25. The van der Waals surface area contributed by atoms with Crippen molar-refractivity contribution in [1.29, 1.82) is 0 Å². The molecular formula is C11H20N2O. The van der Waals surface area contributed by atoms with Crippen LogP contribution in [0.3, 0.4) is 0 Å². The lowest BCUT2D eigenvalue weighted by atomic mass is 9.87. The Kier molecular flexibility index (Phi) is 3.66. The number of amidine groups is 1. The number of rotatable bonds is 3. The summed E-state index contributed by atoms with van der Waals surface area (Å²) in [6.07, 6.45) is 8.44. The summed E-state index contributed by atoms with van der Waals surface area (Å²) >= 11 is 0. The third kappa shape index (κ3) is 2.89. The molecule has 0 aromatic carbocycles. The third-order valence-corrected chi connectivity index (χ3v) is 3.14. The molecule has 0 bridgehead atoms. The molecule has 2 rings (SSSR count). The molecule has 1 fully saturated rings. The SMILES string of the molecule is C1CCC(CCNC2=NCCO2)CC1. The van der Waals surface area contributed by atoms with Crippen LogP contribution in [0.25, 0.3) is 0 Å². The van der Waals surface area contributed by atoms with E-state index in [0.29, 0.717) is 0 Å². The summed E-state index contributed by atoms with van der Waals surface area (Å²) in [5.41, 5.74) is 0. The molecule has 3 nitrogen and oxygen atoms in total. The summed E-state index contributed by atoms with van der Waals surface area (Å²) in [5.74, 6) is 0.943. The minimum absolute atomic E-state index is 0.756. The van der Waals surface area contributed by atoms with Gasteiger partial charge in [-0.2, -0.15) is 0 Å². The molecule has 3 heteroatoms. The lowest BCUT2D eigenvalue weighted by molar-refractivity contribution is 0.317. The average Bonchev–Trinajstić information content (AvgIpc) is 2.72. The Balaban J connectivity index is 1.57. The maximum absolute atomic E-state index is 5.28. The molecule has 0 aromatic heterocycles. The van der Waals surface area contributed by atoms with E-state index in [9.17, 15) is 0 Å². The minimum atomic E-state index is 0.756. The van der Waals surface area contributed by atoms with Crippen molar-refractivity contribution in [2.45, 2.75) is 38.5 Å². The van der Waals surface area contributed by atoms with Gasteiger partial charge in [-0.1, -0.05) is 32.1 Å². The average molecular weight is 196 g/mol. The smallest absolute Gasteiger partial charge is 0.284 e. The van der Waals surface area contributed by atoms with Gasteiger partial charge in [-0.15, -0.1) is 0 Å². The number of aliphatic imine (C=N–C) groups is 1. The third-order valence-electron chi connectivity index (χ3n) is 3.14. The Hall–Kier alpha value is -0.730. The zero-order valence-corrected chi connectivity index (χ0v) is 8.80. The topological polar surface area (TPSA) is 33.6 Å². The molecule has 14 heavy (non-hydrogen) atoms. The van der Waals surface area contributed by atoms with Crippen molar-refractivity contribution in [1.82, 2.24) is 5.32 Å². The fraction of sp³-hybridized carbons (Fsp3) is 0.909. The summed E-state index contributed by atoms with van der Waals surface area (Å²) in [6.45, 7) is 2.61. The number of hydrogen-bond donors (Lipinski definition) is 1. The zero-order valence-electron chi connectivity index (χ0n) is 8.80. The summed E-state index contributed by atoms with van der Waals surface area (Å²) in [5, 5.41) is 3.26. The van der Waals surface area contributed by atoms with Crippen molar-refractivity contribution in [3.8, 4) is 0 Å². The summed E-state index contributed by atoms with van der Waals surface area (Å²) in [6, 6.07) is 0.765. The van der Waals surface area contributed by atoms with Crippen LogP contribution in [0.2, 0.25) is 0 Å². The van der Waals surface area contributed by atoms with Crippen LogP contribution in [0.5, 0.6) is 0 Å². The van der Waals surface area contributed by atoms with Crippen LogP contribution in [0, 0.1) is 5.92 Å². The molecule has 1 heterocycles. The molecule has 1 aliphatic heterocycles. The van der Waals surface area contributed by atoms with Crippen LogP contribution in [-0.4, -0.2) is 25.7 Å². The van der Waals surface area contributed by atoms with Crippen molar-refractivity contribution < 1.29 is 4.74 Å². The summed E-state index contributed by atoms with van der Waals surface area (Å²) in [4.78, 5) is 4.20. The van der Waals surface area contributed by atoms with E-state index in [1.807, 2.05) is 0 Å². The van der Waals surface area contributed by atoms with Crippen LogP contribution in [0.15, 0.2) is 4.99 Å². The summed E-state index contributed by atoms with van der Waals surface area (Å²) in [7, 11) is 0. The fourth-order valence-electron chi connectivity index (χ4n) is 2.30. The molecule has 80 valence electrons. The van der Waals surface area contributed by atoms with E-state index in [-0.39, 0.29) is 0 Å². The standard InChI is InChI=1S/C11H20N2O/c1-2-4-10(5-3-1)6-7-12-11-13-8-9-14-11/h10H,1-9H2,(H,12,13). The predicted octanol–water partition coefficient (Wildman–Crippen LogP) is 1.93. The van der Waals surface area contributed by atoms with Crippen LogP contribution < -0.4 is 5.32 Å². The van der Waals surface area contributed by atoms with E-state index in [2.05, 4.69) is 10.3 Å². The molecular weight excluding hydrogens is 176 g/mol. The Labute approximate surface area is 85.9 Å². The molecule has 1 aliphatic carbocycles. The second-order valence-corrected chi connectivity index (χ2v) is 4.25. The van der Waals surface area contributed by atoms with Crippen LogP contribution in [0.1, 0.15) is 38.5 Å². The first-order valence-electron chi connectivity index (χ1n) is 5.86. The molecule has 1 N–H and O–H groups in total. The van der Waals surface area contributed by atoms with E-state index in [1.54, 1.807) is 0 Å². The Morgan fingerprint density at radius 1 is 1.29 bits per heavy atom. The predicted molar refractivity (Wildman–Crippen MR) is 57.4 cm³/mol. The molecule has 1 saturated carbocycles. The van der Waals surface area contributed by atoms with Gasteiger partial charge in [-0.05, 0) is 12.3 Å². The molecule has 0 spiro atoms. The van der Waals surface area contributed by atoms with Gasteiger partial charge >= 0.3 is 0 Å². The molecule has 0 radical (unpaired) electrons. The van der Waals surface area contributed by atoms with Crippen molar-refractivity contribution in [3.63, 3.8) is 0 Å². The van der Waals surface area contributed by atoms with Gasteiger partial charge in [-0.3, -0.25) is 0 Å². The van der Waals surface area contributed by atoms with Gasteiger partial charge in [0.15, 0.2) is 0 Å². The largest absolute Gasteiger partial charge is 0.463 e. The van der Waals surface area contributed by atoms with Gasteiger partial charge in [0.05, 0.1) is 6.54 Å². The van der Waals surface area contributed by atoms with Crippen LogP contribution in [0.4, 0.5) is 0 Å². The van der Waals surface area contributed by atoms with Gasteiger partial charge in [0.1, 0.15) is 6.61 Å². The van der Waals surface area contributed by atoms with Gasteiger partial charge in [0.25, 0.3) is 6.02 Å². The number of ether oxygens (including phenoxy) is 1. The van der Waals surface area contributed by atoms with Gasteiger partial charge in [-0.25, -0.2) is 4.99 Å². The minimum Gasteiger partial charge on any atom is -0.463 e. The van der Waals surface area contributed by atoms with E-state index >= 15 is 0 Å². The normalized spacial score (nSPS) is 23.0. The Bertz CT molecular complexity index is 197. The van der Waals surface area contributed by atoms with E-state index in [4.69, 9.17) is 4.74 Å². The van der Waals surface area contributed by atoms with E-state index in [1.165, 1.54) is 38.5 Å². The first kappa shape index (κ1) is 9.81. The van der Waals surface area contributed by atoms with Crippen molar-refractivity contribution in [3.05, 3.63) is 0 Å². The highest BCUT2D eigenvalue weighted by molar-refractivity contribution is 5.74. The molecule has 0 aromatic rings. The Morgan fingerprint density at radius 3 is 2.86 bits per heavy atom. The van der Waals surface area contributed by atoms with Gasteiger partial charge in [0, 0.05) is 6.54 Å². The highest BCUT2D eigenvalue weighted by Crippen LogP contribution is 2.25. The van der Waals surface area contributed by atoms with Crippen molar-refractivity contribution in [2.24, 2.45) is 10.9 Å². The maximum Gasteiger partial charge on any atom is 0.284 e. The van der Waals surface area contributed by atoms with Gasteiger partial charge < -0.3 is 10.1 Å². The number of nitrogens with one attached hydrogen (secondary N) is 1. The van der Waals surface area contributed by atoms with Crippen molar-refractivity contribution in [2.75, 3.05) is 19.7 Å². The highest BCUT2D eigenvalue weighted by atomic mass is 16.5. The molecule has 0 atom stereocenters. The summed E-state index contributed by atoms with van der Waals surface area (Å²) < 4.78 is 5.28. The molecule has 0 saturated heterocycles. The molecule has 0 amide bonds. The molecule has 0 unspecified atom stereocenters. The Morgan fingerprint density at radius 2 is 2.14 bits per heavy atom. The quantitative estimate of drug-likeness (QED) is 0.748. The number of nitrogens with zero attached hydrogens (tertiary/aromatic N) is 1. The number of hydrogen-bond acceptors (Lipinski definition) is 3. The second kappa shape index (κ2) is 5.23. The first-order chi connectivity index (χ1) is 6.95. The maximum atomic E-state index is 5.28. The van der Waals surface area contributed by atoms with Crippen LogP contribution in [-0.2, 0) is 4.74 Å².